The molecule has 0 aliphatic carbocycles. The zero-order valence-corrected chi connectivity index (χ0v) is 12.4. The van der Waals surface area contributed by atoms with Gasteiger partial charge in [-0.3, -0.25) is 10.9 Å². The summed E-state index contributed by atoms with van der Waals surface area (Å²) in [6, 6.07) is 17.1. The fourth-order valence-electron chi connectivity index (χ4n) is 1.67. The maximum atomic E-state index is 11.3. The fourth-order valence-corrected chi connectivity index (χ4v) is 1.67. The van der Waals surface area contributed by atoms with E-state index in [-0.39, 0.29) is 0 Å². The third kappa shape index (κ3) is 4.67. The van der Waals surface area contributed by atoms with Gasteiger partial charge in [0.05, 0.1) is 11.4 Å². The molecule has 0 aliphatic heterocycles. The predicted octanol–water partition coefficient (Wildman–Crippen LogP) is 2.09. The van der Waals surface area contributed by atoms with Gasteiger partial charge in [-0.1, -0.05) is 36.4 Å². The minimum Gasteiger partial charge on any atom is -0.476 e. The molecular formula is C16H14N4O4. The first-order valence-electron chi connectivity index (χ1n) is 6.82. The first-order chi connectivity index (χ1) is 11.6. The molecule has 2 aromatic carbocycles. The highest BCUT2D eigenvalue weighted by atomic mass is 16.4. The van der Waals surface area contributed by atoms with E-state index in [9.17, 15) is 19.8 Å². The number of rotatable bonds is 7. The molecule has 0 unspecified atom stereocenters. The Kier molecular flexibility index (Phi) is 5.62. The summed E-state index contributed by atoms with van der Waals surface area (Å²) in [5, 5.41) is 25.7. The van der Waals surface area contributed by atoms with E-state index in [2.05, 4.69) is 21.1 Å². The lowest BCUT2D eigenvalue weighted by Crippen LogP contribution is -2.32. The molecule has 0 spiro atoms. The second-order valence-corrected chi connectivity index (χ2v) is 4.49. The molecule has 0 bridgehead atoms. The quantitative estimate of drug-likeness (QED) is 0.456. The van der Waals surface area contributed by atoms with Crippen molar-refractivity contribution in [2.24, 2.45) is 10.2 Å². The van der Waals surface area contributed by atoms with Crippen molar-refractivity contribution in [2.45, 2.75) is 0 Å². The van der Waals surface area contributed by atoms with E-state index < -0.39 is 23.4 Å². The van der Waals surface area contributed by atoms with Crippen LogP contribution in [0.1, 0.15) is 0 Å². The summed E-state index contributed by atoms with van der Waals surface area (Å²) in [5.41, 5.74) is 4.56. The van der Waals surface area contributed by atoms with Gasteiger partial charge in [0.15, 0.2) is 0 Å². The summed E-state index contributed by atoms with van der Waals surface area (Å²) in [5.74, 6) is -3.04. The molecule has 0 saturated heterocycles. The van der Waals surface area contributed by atoms with E-state index in [1.165, 1.54) is 0 Å². The largest absolute Gasteiger partial charge is 0.476 e. The van der Waals surface area contributed by atoms with Crippen LogP contribution in [-0.4, -0.2) is 33.6 Å². The minimum absolute atomic E-state index is 0.511. The minimum atomic E-state index is -1.52. The molecule has 0 aromatic heterocycles. The fraction of sp³-hybridized carbons (Fsp3) is 0. The van der Waals surface area contributed by atoms with E-state index in [4.69, 9.17) is 0 Å². The van der Waals surface area contributed by atoms with E-state index in [0.29, 0.717) is 11.4 Å². The van der Waals surface area contributed by atoms with Crippen LogP contribution < -0.4 is 10.9 Å². The first-order valence-corrected chi connectivity index (χ1v) is 6.82. The van der Waals surface area contributed by atoms with Gasteiger partial charge in [-0.15, -0.1) is 0 Å². The Hall–Kier alpha value is -3.68. The predicted molar refractivity (Wildman–Crippen MR) is 90.3 cm³/mol. The number of carboxylic acids is 2. The van der Waals surface area contributed by atoms with Crippen molar-refractivity contribution in [1.82, 2.24) is 0 Å². The standard InChI is InChI=1S/C16H14N4O4/c21-15(22)13(19-17-11-7-3-1-4-8-11)14(16(23)24)20-18-12-9-5-2-6-10-12/h1-10,17-18H,(H,21,22)(H,23,24)/b19-13-,20-14+. The average Bonchev–Trinajstić information content (AvgIpc) is 2.59. The number of carbonyl (C=O) groups is 2. The molecule has 24 heavy (non-hydrogen) atoms. The summed E-state index contributed by atoms with van der Waals surface area (Å²) < 4.78 is 0. The van der Waals surface area contributed by atoms with Crippen molar-refractivity contribution in [3.63, 3.8) is 0 Å². The lowest BCUT2D eigenvalue weighted by atomic mass is 10.2. The van der Waals surface area contributed by atoms with Crippen molar-refractivity contribution < 1.29 is 19.8 Å². The summed E-state index contributed by atoms with van der Waals surface area (Å²) in [4.78, 5) is 22.7. The Balaban J connectivity index is 2.27. The Morgan fingerprint density at radius 1 is 0.667 bits per heavy atom. The summed E-state index contributed by atoms with van der Waals surface area (Å²) in [6.07, 6.45) is 0. The third-order valence-corrected chi connectivity index (χ3v) is 2.77. The number of anilines is 2. The maximum Gasteiger partial charge on any atom is 0.358 e. The summed E-state index contributed by atoms with van der Waals surface area (Å²) >= 11 is 0. The molecule has 8 nitrogen and oxygen atoms in total. The van der Waals surface area contributed by atoms with Crippen molar-refractivity contribution in [3.8, 4) is 0 Å². The summed E-state index contributed by atoms with van der Waals surface area (Å²) in [6.45, 7) is 0. The van der Waals surface area contributed by atoms with Crippen molar-refractivity contribution >= 4 is 34.7 Å². The van der Waals surface area contributed by atoms with Gasteiger partial charge in [0, 0.05) is 0 Å². The van der Waals surface area contributed by atoms with Gasteiger partial charge < -0.3 is 10.2 Å². The van der Waals surface area contributed by atoms with Crippen LogP contribution in [0, 0.1) is 0 Å². The van der Waals surface area contributed by atoms with Gasteiger partial charge in [-0.05, 0) is 24.3 Å². The number of benzene rings is 2. The Bertz CT molecular complexity index is 706. The number of hydrogen-bond donors (Lipinski definition) is 4. The number of nitrogens with one attached hydrogen (secondary N) is 2. The molecule has 0 amide bonds. The number of aliphatic carboxylic acids is 2. The second kappa shape index (κ2) is 8.08. The van der Waals surface area contributed by atoms with E-state index in [1.54, 1.807) is 60.7 Å². The molecule has 0 heterocycles. The van der Waals surface area contributed by atoms with Crippen molar-refractivity contribution in [3.05, 3.63) is 60.7 Å². The van der Waals surface area contributed by atoms with Crippen molar-refractivity contribution in [1.29, 1.82) is 0 Å². The molecule has 2 aromatic rings. The van der Waals surface area contributed by atoms with Gasteiger partial charge in [-0.25, -0.2) is 9.59 Å². The number of nitrogens with zero attached hydrogens (tertiary/aromatic N) is 2. The van der Waals surface area contributed by atoms with Gasteiger partial charge >= 0.3 is 11.9 Å². The van der Waals surface area contributed by atoms with Crippen LogP contribution in [0.3, 0.4) is 0 Å². The van der Waals surface area contributed by atoms with Crippen LogP contribution >= 0.6 is 0 Å². The Labute approximate surface area is 137 Å². The van der Waals surface area contributed by atoms with Crippen LogP contribution in [0.5, 0.6) is 0 Å². The lowest BCUT2D eigenvalue weighted by molar-refractivity contribution is -0.131. The number of para-hydroxylation sites is 2. The molecule has 0 saturated carbocycles. The highest BCUT2D eigenvalue weighted by molar-refractivity contribution is 6.79. The molecule has 4 N–H and O–H groups in total. The highest BCUT2D eigenvalue weighted by Crippen LogP contribution is 2.06. The highest BCUT2D eigenvalue weighted by Gasteiger charge is 2.24. The SMILES string of the molecule is O=C(O)C(=N\Nc1ccccc1)/C(=N\Nc1ccccc1)C(=O)O. The number of hydrazone groups is 2. The molecule has 0 fully saturated rings. The van der Waals surface area contributed by atoms with Crippen LogP contribution in [0.25, 0.3) is 0 Å². The monoisotopic (exact) mass is 326 g/mol. The van der Waals surface area contributed by atoms with Crippen LogP contribution in [0.15, 0.2) is 70.9 Å². The smallest absolute Gasteiger partial charge is 0.358 e. The normalized spacial score (nSPS) is 11.7. The zero-order valence-electron chi connectivity index (χ0n) is 12.4. The van der Waals surface area contributed by atoms with Crippen LogP contribution in [0.2, 0.25) is 0 Å². The Morgan fingerprint density at radius 3 is 1.29 bits per heavy atom. The molecule has 0 atom stereocenters. The molecule has 0 aliphatic rings. The van der Waals surface area contributed by atoms with E-state index in [0.717, 1.165) is 0 Å². The van der Waals surface area contributed by atoms with Gasteiger partial charge in [0.1, 0.15) is 0 Å². The van der Waals surface area contributed by atoms with Gasteiger partial charge in [0.2, 0.25) is 11.4 Å². The Morgan fingerprint density at radius 2 is 1.00 bits per heavy atom. The molecule has 122 valence electrons. The van der Waals surface area contributed by atoms with E-state index in [1.807, 2.05) is 0 Å². The van der Waals surface area contributed by atoms with E-state index >= 15 is 0 Å². The molecule has 8 heteroatoms. The van der Waals surface area contributed by atoms with Gasteiger partial charge in [0.25, 0.3) is 0 Å². The molecular weight excluding hydrogens is 312 g/mol. The van der Waals surface area contributed by atoms with Crippen LogP contribution in [-0.2, 0) is 9.59 Å². The maximum absolute atomic E-state index is 11.3. The summed E-state index contributed by atoms with van der Waals surface area (Å²) in [7, 11) is 0. The molecule has 2 rings (SSSR count). The first kappa shape index (κ1) is 16.7. The number of carboxylic acid groups (broad SMARTS) is 2. The average molecular weight is 326 g/mol. The van der Waals surface area contributed by atoms with Gasteiger partial charge in [-0.2, -0.15) is 10.2 Å². The topological polar surface area (TPSA) is 123 Å². The van der Waals surface area contributed by atoms with Crippen molar-refractivity contribution in [2.75, 3.05) is 10.9 Å². The molecule has 0 radical (unpaired) electrons. The third-order valence-electron chi connectivity index (χ3n) is 2.77. The lowest BCUT2D eigenvalue weighted by Gasteiger charge is -2.05. The number of hydrogen-bond acceptors (Lipinski definition) is 6. The second-order valence-electron chi connectivity index (χ2n) is 4.49. The zero-order chi connectivity index (χ0) is 17.4. The van der Waals surface area contributed by atoms with Crippen LogP contribution in [0.4, 0.5) is 11.4 Å².